The van der Waals surface area contributed by atoms with Crippen LogP contribution in [0.3, 0.4) is 0 Å². The Balaban J connectivity index is 2.61. The fourth-order valence-corrected chi connectivity index (χ4v) is 1.22. The number of allylic oxidation sites excluding steroid dienone is 1. The molecule has 0 radical (unpaired) electrons. The molecule has 4 heteroatoms. The molecule has 0 fully saturated rings. The van der Waals surface area contributed by atoms with E-state index < -0.39 is 5.97 Å². The van der Waals surface area contributed by atoms with Crippen molar-refractivity contribution in [3.05, 3.63) is 42.0 Å². The Labute approximate surface area is 95.0 Å². The lowest BCUT2D eigenvalue weighted by molar-refractivity contribution is -0.140. The number of imidazole rings is 1. The van der Waals surface area contributed by atoms with E-state index in [0.29, 0.717) is 17.8 Å². The summed E-state index contributed by atoms with van der Waals surface area (Å²) in [4.78, 5) is 18.5. The van der Waals surface area contributed by atoms with Crippen LogP contribution >= 0.6 is 0 Å². The van der Waals surface area contributed by atoms with Gasteiger partial charge in [0.25, 0.3) is 0 Å². The van der Waals surface area contributed by atoms with Gasteiger partial charge in [0.05, 0.1) is 5.69 Å². The van der Waals surface area contributed by atoms with E-state index in [-0.39, 0.29) is 6.61 Å². The molecule has 0 aromatic carbocycles. The molecular formula is C12H16N2O2. The number of carbonyl (C=O) groups is 1. The smallest absolute Gasteiger partial charge is 0.333 e. The van der Waals surface area contributed by atoms with Gasteiger partial charge in [-0.25, -0.2) is 9.78 Å². The molecule has 0 aliphatic carbocycles. The van der Waals surface area contributed by atoms with Gasteiger partial charge < -0.3 is 9.72 Å². The minimum Gasteiger partial charge on any atom is -0.454 e. The predicted molar refractivity (Wildman–Crippen MR) is 61.8 cm³/mol. The number of aryl methyl sites for hydroxylation is 1. The third kappa shape index (κ3) is 3.08. The quantitative estimate of drug-likeness (QED) is 0.469. The summed E-state index contributed by atoms with van der Waals surface area (Å²) in [5, 5.41) is 0. The molecule has 1 heterocycles. The van der Waals surface area contributed by atoms with Crippen LogP contribution in [0.4, 0.5) is 0 Å². The van der Waals surface area contributed by atoms with Gasteiger partial charge in [-0.05, 0) is 13.8 Å². The molecule has 0 spiro atoms. The minimum atomic E-state index is -0.403. The van der Waals surface area contributed by atoms with Crippen molar-refractivity contribution >= 4 is 5.97 Å². The van der Waals surface area contributed by atoms with Crippen molar-refractivity contribution in [2.24, 2.45) is 0 Å². The summed E-state index contributed by atoms with van der Waals surface area (Å²) < 4.78 is 4.98. The van der Waals surface area contributed by atoms with Crippen LogP contribution in [0.5, 0.6) is 0 Å². The SMILES string of the molecule is C=CCc1nc(COC(=O)C(=C)C)[nH]c1C. The van der Waals surface area contributed by atoms with Crippen LogP contribution in [-0.2, 0) is 22.6 Å². The highest BCUT2D eigenvalue weighted by molar-refractivity contribution is 5.86. The zero-order chi connectivity index (χ0) is 12.1. The fraction of sp³-hybridized carbons (Fsp3) is 0.333. The van der Waals surface area contributed by atoms with E-state index in [2.05, 4.69) is 23.1 Å². The van der Waals surface area contributed by atoms with Crippen molar-refractivity contribution in [2.75, 3.05) is 0 Å². The average molecular weight is 220 g/mol. The van der Waals surface area contributed by atoms with E-state index in [1.54, 1.807) is 13.0 Å². The molecule has 0 aliphatic heterocycles. The Kier molecular flexibility index (Phi) is 4.05. The normalized spacial score (nSPS) is 9.88. The molecule has 1 aromatic heterocycles. The first kappa shape index (κ1) is 12.2. The summed E-state index contributed by atoms with van der Waals surface area (Å²) in [6, 6.07) is 0. The van der Waals surface area contributed by atoms with Crippen LogP contribution in [0.25, 0.3) is 0 Å². The molecule has 0 saturated heterocycles. The third-order valence-corrected chi connectivity index (χ3v) is 2.06. The molecule has 1 aromatic rings. The molecule has 0 unspecified atom stereocenters. The maximum atomic E-state index is 11.2. The number of ether oxygens (including phenoxy) is 1. The topological polar surface area (TPSA) is 55.0 Å². The minimum absolute atomic E-state index is 0.143. The molecule has 1 rings (SSSR count). The number of carbonyl (C=O) groups excluding carboxylic acids is 1. The van der Waals surface area contributed by atoms with Crippen LogP contribution in [0.2, 0.25) is 0 Å². The summed E-state index contributed by atoms with van der Waals surface area (Å²) in [7, 11) is 0. The number of H-pyrrole nitrogens is 1. The second kappa shape index (κ2) is 5.30. The highest BCUT2D eigenvalue weighted by atomic mass is 16.5. The number of esters is 1. The van der Waals surface area contributed by atoms with Gasteiger partial charge in [-0.1, -0.05) is 12.7 Å². The summed E-state index contributed by atoms with van der Waals surface area (Å²) in [6.45, 7) is 10.8. The van der Waals surface area contributed by atoms with Crippen LogP contribution in [0.15, 0.2) is 24.8 Å². The van der Waals surface area contributed by atoms with Gasteiger partial charge in [0.1, 0.15) is 12.4 Å². The number of aromatic amines is 1. The van der Waals surface area contributed by atoms with Crippen molar-refractivity contribution in [1.29, 1.82) is 0 Å². The summed E-state index contributed by atoms with van der Waals surface area (Å²) in [5.74, 6) is 0.239. The molecule has 0 aliphatic rings. The van der Waals surface area contributed by atoms with Gasteiger partial charge in [0.15, 0.2) is 0 Å². The summed E-state index contributed by atoms with van der Waals surface area (Å²) in [6.07, 6.45) is 2.49. The summed E-state index contributed by atoms with van der Waals surface area (Å²) in [5.41, 5.74) is 2.28. The molecule has 0 amide bonds. The van der Waals surface area contributed by atoms with Gasteiger partial charge in [-0.3, -0.25) is 0 Å². The maximum Gasteiger partial charge on any atom is 0.333 e. The van der Waals surface area contributed by atoms with Crippen molar-refractivity contribution in [2.45, 2.75) is 26.9 Å². The second-order valence-corrected chi connectivity index (χ2v) is 3.60. The molecule has 0 bridgehead atoms. The van der Waals surface area contributed by atoms with E-state index in [1.807, 2.05) is 6.92 Å². The Morgan fingerprint density at radius 2 is 2.31 bits per heavy atom. The maximum absolute atomic E-state index is 11.2. The van der Waals surface area contributed by atoms with Gasteiger partial charge >= 0.3 is 5.97 Å². The fourth-order valence-electron chi connectivity index (χ4n) is 1.22. The van der Waals surface area contributed by atoms with Crippen LogP contribution in [0.1, 0.15) is 24.1 Å². The molecule has 1 N–H and O–H groups in total. The first-order valence-corrected chi connectivity index (χ1v) is 5.02. The van der Waals surface area contributed by atoms with Crippen molar-refractivity contribution in [3.8, 4) is 0 Å². The van der Waals surface area contributed by atoms with Gasteiger partial charge in [-0.15, -0.1) is 6.58 Å². The van der Waals surface area contributed by atoms with E-state index in [1.165, 1.54) is 0 Å². The van der Waals surface area contributed by atoms with Crippen LogP contribution in [-0.4, -0.2) is 15.9 Å². The standard InChI is InChI=1S/C12H16N2O2/c1-5-6-10-9(4)13-11(14-10)7-16-12(15)8(2)3/h5H,1-2,6-7H2,3-4H3,(H,13,14). The molecule has 0 atom stereocenters. The van der Waals surface area contributed by atoms with Crippen LogP contribution < -0.4 is 0 Å². The second-order valence-electron chi connectivity index (χ2n) is 3.60. The van der Waals surface area contributed by atoms with Crippen molar-refractivity contribution in [1.82, 2.24) is 9.97 Å². The zero-order valence-corrected chi connectivity index (χ0v) is 9.67. The number of nitrogens with zero attached hydrogens (tertiary/aromatic N) is 1. The lowest BCUT2D eigenvalue weighted by Crippen LogP contribution is -2.05. The molecular weight excluding hydrogens is 204 g/mol. The Morgan fingerprint density at radius 3 is 2.88 bits per heavy atom. The zero-order valence-electron chi connectivity index (χ0n) is 9.67. The number of aromatic nitrogens is 2. The van der Waals surface area contributed by atoms with Gasteiger partial charge in [0.2, 0.25) is 0 Å². The molecule has 16 heavy (non-hydrogen) atoms. The average Bonchev–Trinajstić information content (AvgIpc) is 2.57. The number of hydrogen-bond donors (Lipinski definition) is 1. The Bertz CT molecular complexity index is 419. The first-order valence-electron chi connectivity index (χ1n) is 5.02. The number of hydrogen-bond acceptors (Lipinski definition) is 3. The number of nitrogens with one attached hydrogen (secondary N) is 1. The largest absolute Gasteiger partial charge is 0.454 e. The molecule has 86 valence electrons. The number of rotatable bonds is 5. The van der Waals surface area contributed by atoms with Crippen molar-refractivity contribution in [3.63, 3.8) is 0 Å². The Morgan fingerprint density at radius 1 is 1.62 bits per heavy atom. The summed E-state index contributed by atoms with van der Waals surface area (Å²) >= 11 is 0. The van der Waals surface area contributed by atoms with E-state index in [0.717, 1.165) is 11.4 Å². The predicted octanol–water partition coefficient (Wildman–Crippen LogP) is 2.07. The monoisotopic (exact) mass is 220 g/mol. The molecule has 4 nitrogen and oxygen atoms in total. The highest BCUT2D eigenvalue weighted by Crippen LogP contribution is 2.07. The van der Waals surface area contributed by atoms with Gasteiger partial charge in [0, 0.05) is 17.7 Å². The Hall–Kier alpha value is -1.84. The van der Waals surface area contributed by atoms with Crippen LogP contribution in [0, 0.1) is 6.92 Å². The lowest BCUT2D eigenvalue weighted by Gasteiger charge is -2.00. The highest BCUT2D eigenvalue weighted by Gasteiger charge is 2.08. The van der Waals surface area contributed by atoms with E-state index >= 15 is 0 Å². The lowest BCUT2D eigenvalue weighted by atomic mass is 10.3. The van der Waals surface area contributed by atoms with E-state index in [4.69, 9.17) is 4.74 Å². The third-order valence-electron chi connectivity index (χ3n) is 2.06. The molecule has 0 saturated carbocycles. The first-order chi connectivity index (χ1) is 7.54. The van der Waals surface area contributed by atoms with Gasteiger partial charge in [-0.2, -0.15) is 0 Å². The van der Waals surface area contributed by atoms with E-state index in [9.17, 15) is 4.79 Å². The van der Waals surface area contributed by atoms with Crippen molar-refractivity contribution < 1.29 is 9.53 Å².